The van der Waals surface area contributed by atoms with E-state index in [1.54, 1.807) is 0 Å². The lowest BCUT2D eigenvalue weighted by molar-refractivity contribution is -0.0877. The largest absolute Gasteiger partial charge is 0.381 e. The molecule has 0 radical (unpaired) electrons. The molecule has 1 N–H and O–H groups in total. The molecule has 1 unspecified atom stereocenters. The van der Waals surface area contributed by atoms with Crippen molar-refractivity contribution >= 4 is 0 Å². The Kier molecular flexibility index (Phi) is 6.32. The van der Waals surface area contributed by atoms with E-state index in [0.29, 0.717) is 0 Å². The lowest BCUT2D eigenvalue weighted by Crippen LogP contribution is -2.47. The molecule has 1 aliphatic heterocycles. The predicted molar refractivity (Wildman–Crippen MR) is 66.7 cm³/mol. The SMILES string of the molecule is CCCC(C)CNCC1(OC)CCOCC1. The van der Waals surface area contributed by atoms with Crippen LogP contribution in [0.1, 0.15) is 39.5 Å². The molecule has 0 amide bonds. The summed E-state index contributed by atoms with van der Waals surface area (Å²) in [6.07, 6.45) is 4.60. The van der Waals surface area contributed by atoms with Gasteiger partial charge in [-0.15, -0.1) is 0 Å². The smallest absolute Gasteiger partial charge is 0.0846 e. The van der Waals surface area contributed by atoms with E-state index in [4.69, 9.17) is 9.47 Å². The topological polar surface area (TPSA) is 30.5 Å². The summed E-state index contributed by atoms with van der Waals surface area (Å²) in [5.41, 5.74) is 0.0180. The van der Waals surface area contributed by atoms with Gasteiger partial charge in [-0.1, -0.05) is 20.3 Å². The fourth-order valence-corrected chi connectivity index (χ4v) is 2.34. The maximum absolute atomic E-state index is 5.68. The van der Waals surface area contributed by atoms with Gasteiger partial charge in [0, 0.05) is 39.7 Å². The van der Waals surface area contributed by atoms with Crippen molar-refractivity contribution < 1.29 is 9.47 Å². The molecule has 0 saturated carbocycles. The second kappa shape index (κ2) is 7.25. The molecule has 0 aromatic rings. The molecule has 1 fully saturated rings. The Bertz CT molecular complexity index is 179. The molecule has 3 heteroatoms. The van der Waals surface area contributed by atoms with Gasteiger partial charge in [0.05, 0.1) is 5.60 Å². The van der Waals surface area contributed by atoms with Crippen LogP contribution in [0, 0.1) is 5.92 Å². The fraction of sp³-hybridized carbons (Fsp3) is 1.00. The molecule has 1 rings (SSSR count). The van der Waals surface area contributed by atoms with Gasteiger partial charge in [0.15, 0.2) is 0 Å². The summed E-state index contributed by atoms with van der Waals surface area (Å²) in [6.45, 7) is 8.27. The highest BCUT2D eigenvalue weighted by Crippen LogP contribution is 2.23. The molecule has 96 valence electrons. The van der Waals surface area contributed by atoms with Crippen LogP contribution in [0.15, 0.2) is 0 Å². The van der Waals surface area contributed by atoms with E-state index >= 15 is 0 Å². The Morgan fingerprint density at radius 3 is 2.62 bits per heavy atom. The van der Waals surface area contributed by atoms with Crippen LogP contribution >= 0.6 is 0 Å². The van der Waals surface area contributed by atoms with Crippen molar-refractivity contribution in [3.05, 3.63) is 0 Å². The van der Waals surface area contributed by atoms with Crippen LogP contribution in [0.25, 0.3) is 0 Å². The van der Waals surface area contributed by atoms with Crippen molar-refractivity contribution in [3.8, 4) is 0 Å². The van der Waals surface area contributed by atoms with Crippen LogP contribution in [0.3, 0.4) is 0 Å². The molecular weight excluding hydrogens is 202 g/mol. The minimum absolute atomic E-state index is 0.0180. The highest BCUT2D eigenvalue weighted by Gasteiger charge is 2.31. The number of nitrogens with one attached hydrogen (secondary N) is 1. The van der Waals surface area contributed by atoms with Crippen LogP contribution in [0.4, 0.5) is 0 Å². The van der Waals surface area contributed by atoms with Crippen molar-refractivity contribution in [3.63, 3.8) is 0 Å². The zero-order valence-corrected chi connectivity index (χ0v) is 11.1. The summed E-state index contributed by atoms with van der Waals surface area (Å²) >= 11 is 0. The van der Waals surface area contributed by atoms with Gasteiger partial charge in [0.1, 0.15) is 0 Å². The Labute approximate surface area is 99.9 Å². The van der Waals surface area contributed by atoms with Gasteiger partial charge in [-0.3, -0.25) is 0 Å². The fourth-order valence-electron chi connectivity index (χ4n) is 2.34. The summed E-state index contributed by atoms with van der Waals surface area (Å²) < 4.78 is 11.1. The molecule has 1 heterocycles. The Hall–Kier alpha value is -0.120. The highest BCUT2D eigenvalue weighted by molar-refractivity contribution is 4.85. The lowest BCUT2D eigenvalue weighted by Gasteiger charge is -2.36. The first-order valence-corrected chi connectivity index (χ1v) is 6.56. The highest BCUT2D eigenvalue weighted by atomic mass is 16.5. The van der Waals surface area contributed by atoms with E-state index in [-0.39, 0.29) is 5.60 Å². The summed E-state index contributed by atoms with van der Waals surface area (Å²) in [7, 11) is 1.82. The monoisotopic (exact) mass is 229 g/mol. The Balaban J connectivity index is 2.22. The van der Waals surface area contributed by atoms with Crippen LogP contribution < -0.4 is 5.32 Å². The first kappa shape index (κ1) is 13.9. The standard InChI is InChI=1S/C13H27NO2/c1-4-5-12(2)10-14-11-13(15-3)6-8-16-9-7-13/h12,14H,4-11H2,1-3H3. The van der Waals surface area contributed by atoms with E-state index in [2.05, 4.69) is 19.2 Å². The zero-order valence-electron chi connectivity index (χ0n) is 11.1. The zero-order chi connectivity index (χ0) is 11.9. The molecule has 0 aliphatic carbocycles. The molecular formula is C13H27NO2. The van der Waals surface area contributed by atoms with Crippen LogP contribution in [0.2, 0.25) is 0 Å². The van der Waals surface area contributed by atoms with Crippen LogP contribution in [-0.4, -0.2) is 39.0 Å². The van der Waals surface area contributed by atoms with E-state index in [0.717, 1.165) is 45.1 Å². The average molecular weight is 229 g/mol. The summed E-state index contributed by atoms with van der Waals surface area (Å²) in [4.78, 5) is 0. The van der Waals surface area contributed by atoms with Crippen LogP contribution in [0.5, 0.6) is 0 Å². The summed E-state index contributed by atoms with van der Waals surface area (Å²) in [5, 5.41) is 3.55. The molecule has 0 spiro atoms. The van der Waals surface area contributed by atoms with Crippen molar-refractivity contribution in [1.29, 1.82) is 0 Å². The third-order valence-corrected chi connectivity index (χ3v) is 3.56. The quantitative estimate of drug-likeness (QED) is 0.726. The van der Waals surface area contributed by atoms with Gasteiger partial charge < -0.3 is 14.8 Å². The average Bonchev–Trinajstić information content (AvgIpc) is 2.31. The van der Waals surface area contributed by atoms with Gasteiger partial charge in [0.25, 0.3) is 0 Å². The normalized spacial score (nSPS) is 21.9. The van der Waals surface area contributed by atoms with Gasteiger partial charge >= 0.3 is 0 Å². The van der Waals surface area contributed by atoms with E-state index < -0.39 is 0 Å². The first-order chi connectivity index (χ1) is 7.72. The minimum Gasteiger partial charge on any atom is -0.381 e. The number of methoxy groups -OCH3 is 1. The van der Waals surface area contributed by atoms with Gasteiger partial charge in [-0.05, 0) is 18.9 Å². The van der Waals surface area contributed by atoms with Gasteiger partial charge in [-0.2, -0.15) is 0 Å². The van der Waals surface area contributed by atoms with Crippen molar-refractivity contribution in [2.24, 2.45) is 5.92 Å². The lowest BCUT2D eigenvalue weighted by atomic mass is 9.93. The molecule has 1 saturated heterocycles. The maximum atomic E-state index is 5.68. The first-order valence-electron chi connectivity index (χ1n) is 6.56. The molecule has 0 aromatic heterocycles. The minimum atomic E-state index is 0.0180. The number of ether oxygens (including phenoxy) is 2. The maximum Gasteiger partial charge on any atom is 0.0846 e. The Morgan fingerprint density at radius 1 is 1.38 bits per heavy atom. The van der Waals surface area contributed by atoms with Crippen LogP contribution in [-0.2, 0) is 9.47 Å². The van der Waals surface area contributed by atoms with Crippen molar-refractivity contribution in [2.75, 3.05) is 33.4 Å². The van der Waals surface area contributed by atoms with E-state index in [9.17, 15) is 0 Å². The van der Waals surface area contributed by atoms with Crippen molar-refractivity contribution in [1.82, 2.24) is 5.32 Å². The molecule has 0 bridgehead atoms. The predicted octanol–water partition coefficient (Wildman–Crippen LogP) is 2.21. The van der Waals surface area contributed by atoms with Crippen molar-refractivity contribution in [2.45, 2.75) is 45.1 Å². The van der Waals surface area contributed by atoms with E-state index in [1.807, 2.05) is 7.11 Å². The molecule has 0 aromatic carbocycles. The molecule has 1 atom stereocenters. The molecule has 1 aliphatic rings. The second-order valence-electron chi connectivity index (χ2n) is 5.02. The number of hydrogen-bond acceptors (Lipinski definition) is 3. The summed E-state index contributed by atoms with van der Waals surface area (Å²) in [6, 6.07) is 0. The number of rotatable bonds is 7. The van der Waals surface area contributed by atoms with Gasteiger partial charge in [-0.25, -0.2) is 0 Å². The number of hydrogen-bond donors (Lipinski definition) is 1. The second-order valence-corrected chi connectivity index (χ2v) is 5.02. The third-order valence-electron chi connectivity index (χ3n) is 3.56. The third kappa shape index (κ3) is 4.40. The molecule has 16 heavy (non-hydrogen) atoms. The molecule has 3 nitrogen and oxygen atoms in total. The summed E-state index contributed by atoms with van der Waals surface area (Å²) in [5.74, 6) is 0.763. The van der Waals surface area contributed by atoms with E-state index in [1.165, 1.54) is 12.8 Å². The Morgan fingerprint density at radius 2 is 2.06 bits per heavy atom. The van der Waals surface area contributed by atoms with Gasteiger partial charge in [0.2, 0.25) is 0 Å².